The van der Waals surface area contributed by atoms with Crippen molar-refractivity contribution in [3.8, 4) is 11.8 Å². The van der Waals surface area contributed by atoms with Crippen LogP contribution in [-0.4, -0.2) is 48.6 Å². The number of likely N-dealkylation sites (tertiary alicyclic amines) is 1. The van der Waals surface area contributed by atoms with E-state index in [1.165, 1.54) is 24.4 Å². The molecule has 0 radical (unpaired) electrons. The first kappa shape index (κ1) is 15.5. The van der Waals surface area contributed by atoms with Gasteiger partial charge in [0.15, 0.2) is 0 Å². The van der Waals surface area contributed by atoms with Crippen LogP contribution in [0.5, 0.6) is 0 Å². The number of hydrogen-bond acceptors (Lipinski definition) is 4. The van der Waals surface area contributed by atoms with Crippen LogP contribution >= 0.6 is 11.3 Å². The Morgan fingerprint density at radius 2 is 2.25 bits per heavy atom. The molecule has 0 saturated carbocycles. The maximum absolute atomic E-state index is 5.40. The van der Waals surface area contributed by atoms with Crippen molar-refractivity contribution in [1.29, 1.82) is 0 Å². The molecule has 2 heterocycles. The molecule has 0 spiro atoms. The minimum Gasteiger partial charge on any atom is -0.320 e. The molecule has 1 aromatic heterocycles. The van der Waals surface area contributed by atoms with Crippen molar-refractivity contribution in [2.75, 3.05) is 32.7 Å². The normalized spacial score (nSPS) is 19.3. The Morgan fingerprint density at radius 3 is 2.95 bits per heavy atom. The molecule has 1 atom stereocenters. The first-order chi connectivity index (χ1) is 9.76. The summed E-state index contributed by atoms with van der Waals surface area (Å²) in [5, 5.41) is 2.13. The Kier molecular flexibility index (Phi) is 6.06. The van der Waals surface area contributed by atoms with Gasteiger partial charge in [0.1, 0.15) is 0 Å². The highest BCUT2D eigenvalue weighted by Crippen LogP contribution is 2.21. The molecule has 1 aromatic rings. The third-order valence-corrected chi connectivity index (χ3v) is 4.87. The molecule has 1 aliphatic heterocycles. The third kappa shape index (κ3) is 4.07. The standard InChI is InChI=1S/C16H25N3S/c1-3-19(4-2)15-7-9-18(11-15)12-16-10-14(13-20-16)6-5-8-17/h10,13,15H,3-4,7-9,11-12,17H2,1-2H3. The van der Waals surface area contributed by atoms with Gasteiger partial charge in [0.25, 0.3) is 0 Å². The van der Waals surface area contributed by atoms with Crippen LogP contribution in [0.1, 0.15) is 30.7 Å². The van der Waals surface area contributed by atoms with E-state index < -0.39 is 0 Å². The predicted molar refractivity (Wildman–Crippen MR) is 86.9 cm³/mol. The molecule has 0 amide bonds. The number of likely N-dealkylation sites (N-methyl/N-ethyl adjacent to an activating group) is 1. The zero-order valence-electron chi connectivity index (χ0n) is 12.6. The number of thiophene rings is 1. The van der Waals surface area contributed by atoms with E-state index >= 15 is 0 Å². The van der Waals surface area contributed by atoms with E-state index in [1.54, 1.807) is 0 Å². The summed E-state index contributed by atoms with van der Waals surface area (Å²) in [4.78, 5) is 6.55. The third-order valence-electron chi connectivity index (χ3n) is 3.94. The van der Waals surface area contributed by atoms with Crippen molar-refractivity contribution in [3.05, 3.63) is 21.9 Å². The van der Waals surface area contributed by atoms with Crippen molar-refractivity contribution in [2.24, 2.45) is 5.73 Å². The van der Waals surface area contributed by atoms with Crippen LogP contribution in [0.3, 0.4) is 0 Å². The van der Waals surface area contributed by atoms with Gasteiger partial charge in [0.05, 0.1) is 6.54 Å². The van der Waals surface area contributed by atoms with Gasteiger partial charge in [-0.05, 0) is 25.6 Å². The lowest BCUT2D eigenvalue weighted by atomic mass is 10.2. The van der Waals surface area contributed by atoms with Crippen molar-refractivity contribution in [2.45, 2.75) is 32.9 Å². The molecule has 1 aliphatic rings. The summed E-state index contributed by atoms with van der Waals surface area (Å²) in [7, 11) is 0. The average molecular weight is 291 g/mol. The van der Waals surface area contributed by atoms with Gasteiger partial charge < -0.3 is 5.73 Å². The molecule has 110 valence electrons. The zero-order chi connectivity index (χ0) is 14.4. The average Bonchev–Trinajstić information content (AvgIpc) is 3.08. The Balaban J connectivity index is 1.87. The van der Waals surface area contributed by atoms with E-state index in [2.05, 4.69) is 46.9 Å². The number of nitrogens with two attached hydrogens (primary N) is 1. The van der Waals surface area contributed by atoms with Gasteiger partial charge in [0.2, 0.25) is 0 Å². The molecule has 0 bridgehead atoms. The van der Waals surface area contributed by atoms with Crippen LogP contribution in [0.4, 0.5) is 0 Å². The first-order valence-electron chi connectivity index (χ1n) is 7.49. The fourth-order valence-corrected chi connectivity index (χ4v) is 3.75. The van der Waals surface area contributed by atoms with Crippen molar-refractivity contribution < 1.29 is 0 Å². The summed E-state index contributed by atoms with van der Waals surface area (Å²) in [6.45, 7) is 10.7. The maximum atomic E-state index is 5.40. The topological polar surface area (TPSA) is 32.5 Å². The van der Waals surface area contributed by atoms with Crippen LogP contribution in [-0.2, 0) is 6.54 Å². The number of hydrogen-bond donors (Lipinski definition) is 1. The largest absolute Gasteiger partial charge is 0.320 e. The van der Waals surface area contributed by atoms with E-state index in [0.29, 0.717) is 6.54 Å². The minimum absolute atomic E-state index is 0.433. The Hall–Kier alpha value is -0.860. The van der Waals surface area contributed by atoms with Gasteiger partial charge in [-0.25, -0.2) is 0 Å². The van der Waals surface area contributed by atoms with E-state index in [1.807, 2.05) is 11.3 Å². The highest BCUT2D eigenvalue weighted by molar-refractivity contribution is 7.10. The molecular weight excluding hydrogens is 266 g/mol. The molecule has 2 rings (SSSR count). The molecule has 1 fully saturated rings. The smallest absolute Gasteiger partial charge is 0.0555 e. The van der Waals surface area contributed by atoms with Gasteiger partial charge in [-0.3, -0.25) is 9.80 Å². The summed E-state index contributed by atoms with van der Waals surface area (Å²) in [6.07, 6.45) is 1.30. The molecule has 2 N–H and O–H groups in total. The maximum Gasteiger partial charge on any atom is 0.0555 e. The Labute approximate surface area is 126 Å². The second-order valence-corrected chi connectivity index (χ2v) is 6.20. The molecule has 0 aliphatic carbocycles. The molecule has 3 nitrogen and oxygen atoms in total. The summed E-state index contributed by atoms with van der Waals surface area (Å²) in [5.74, 6) is 6.02. The number of rotatable bonds is 5. The monoisotopic (exact) mass is 291 g/mol. The highest BCUT2D eigenvalue weighted by atomic mass is 32.1. The van der Waals surface area contributed by atoms with Crippen molar-refractivity contribution >= 4 is 11.3 Å². The summed E-state index contributed by atoms with van der Waals surface area (Å²) >= 11 is 1.81. The Morgan fingerprint density at radius 1 is 1.45 bits per heavy atom. The fraction of sp³-hybridized carbons (Fsp3) is 0.625. The van der Waals surface area contributed by atoms with Gasteiger partial charge in [-0.15, -0.1) is 11.3 Å². The van der Waals surface area contributed by atoms with Crippen LogP contribution in [0.25, 0.3) is 0 Å². The quantitative estimate of drug-likeness (QED) is 0.842. The predicted octanol–water partition coefficient (Wildman–Crippen LogP) is 1.97. The van der Waals surface area contributed by atoms with Gasteiger partial charge >= 0.3 is 0 Å². The first-order valence-corrected chi connectivity index (χ1v) is 8.37. The van der Waals surface area contributed by atoms with Gasteiger partial charge in [-0.1, -0.05) is 25.7 Å². The molecule has 1 saturated heterocycles. The summed E-state index contributed by atoms with van der Waals surface area (Å²) in [5.41, 5.74) is 6.51. The van der Waals surface area contributed by atoms with Crippen LogP contribution in [0.2, 0.25) is 0 Å². The van der Waals surface area contributed by atoms with Crippen LogP contribution in [0, 0.1) is 11.8 Å². The van der Waals surface area contributed by atoms with E-state index in [-0.39, 0.29) is 0 Å². The lowest BCUT2D eigenvalue weighted by Gasteiger charge is -2.26. The van der Waals surface area contributed by atoms with Crippen LogP contribution < -0.4 is 5.73 Å². The lowest BCUT2D eigenvalue weighted by molar-refractivity contribution is 0.209. The fourth-order valence-electron chi connectivity index (χ4n) is 2.90. The van der Waals surface area contributed by atoms with E-state index in [0.717, 1.165) is 31.2 Å². The van der Waals surface area contributed by atoms with Crippen LogP contribution in [0.15, 0.2) is 11.4 Å². The van der Waals surface area contributed by atoms with Crippen molar-refractivity contribution in [3.63, 3.8) is 0 Å². The number of nitrogens with zero attached hydrogens (tertiary/aromatic N) is 2. The van der Waals surface area contributed by atoms with Gasteiger partial charge in [-0.2, -0.15) is 0 Å². The minimum atomic E-state index is 0.433. The van der Waals surface area contributed by atoms with Gasteiger partial charge in [0, 0.05) is 41.5 Å². The second-order valence-electron chi connectivity index (χ2n) is 5.21. The Bertz CT molecular complexity index is 468. The van der Waals surface area contributed by atoms with E-state index in [9.17, 15) is 0 Å². The van der Waals surface area contributed by atoms with E-state index in [4.69, 9.17) is 5.73 Å². The molecule has 4 heteroatoms. The second kappa shape index (κ2) is 7.80. The molecule has 0 aromatic carbocycles. The zero-order valence-corrected chi connectivity index (χ0v) is 13.4. The highest BCUT2D eigenvalue weighted by Gasteiger charge is 2.26. The molecule has 20 heavy (non-hydrogen) atoms. The van der Waals surface area contributed by atoms with Crippen molar-refractivity contribution in [1.82, 2.24) is 9.80 Å². The summed E-state index contributed by atoms with van der Waals surface area (Å²) in [6, 6.07) is 2.94. The molecule has 1 unspecified atom stereocenters. The lowest BCUT2D eigenvalue weighted by Crippen LogP contribution is -2.37. The molecular formula is C16H25N3S. The summed E-state index contributed by atoms with van der Waals surface area (Å²) < 4.78 is 0. The SMILES string of the molecule is CCN(CC)C1CCN(Cc2cc(C#CCN)cs2)C1.